The van der Waals surface area contributed by atoms with Crippen molar-refractivity contribution in [2.24, 2.45) is 0 Å². The minimum absolute atomic E-state index is 0.166. The average Bonchev–Trinajstić information content (AvgIpc) is 3.86. The Labute approximate surface area is 346 Å². The monoisotopic (exact) mass is 751 g/mol. The van der Waals surface area contributed by atoms with Gasteiger partial charge in [0.15, 0.2) is 0 Å². The number of nitrogens with zero attached hydrogens (tertiary/aromatic N) is 1. The molecule has 0 radical (unpaired) electrons. The first-order valence-electron chi connectivity index (χ1n) is 20.8. The predicted molar refractivity (Wildman–Crippen MR) is 246 cm³/mol. The van der Waals surface area contributed by atoms with E-state index in [4.69, 9.17) is 0 Å². The number of anilines is 3. The molecule has 1 spiro atoms. The molecule has 3 aliphatic rings. The van der Waals surface area contributed by atoms with E-state index in [9.17, 15) is 0 Å². The maximum absolute atomic E-state index is 2.54. The fourth-order valence-electron chi connectivity index (χ4n) is 11.1. The number of benzene rings is 9. The van der Waals surface area contributed by atoms with Gasteiger partial charge in [0, 0.05) is 22.4 Å². The van der Waals surface area contributed by atoms with Crippen molar-refractivity contribution in [2.75, 3.05) is 4.90 Å². The second-order valence-electron chi connectivity index (χ2n) is 16.8. The van der Waals surface area contributed by atoms with E-state index in [-0.39, 0.29) is 5.41 Å². The van der Waals surface area contributed by atoms with Crippen LogP contribution in [0.3, 0.4) is 0 Å². The second-order valence-corrected chi connectivity index (χ2v) is 16.8. The van der Waals surface area contributed by atoms with Gasteiger partial charge in [-0.1, -0.05) is 196 Å². The quantitative estimate of drug-likeness (QED) is 0.169. The van der Waals surface area contributed by atoms with Crippen molar-refractivity contribution >= 4 is 17.1 Å². The van der Waals surface area contributed by atoms with E-state index in [1.807, 2.05) is 0 Å². The number of hydrogen-bond acceptors (Lipinski definition) is 1. The van der Waals surface area contributed by atoms with Gasteiger partial charge in [-0.3, -0.25) is 0 Å². The van der Waals surface area contributed by atoms with Gasteiger partial charge in [0.2, 0.25) is 0 Å². The summed E-state index contributed by atoms with van der Waals surface area (Å²) in [7, 11) is 0. The summed E-state index contributed by atoms with van der Waals surface area (Å²) in [6, 6.07) is 79.2. The lowest BCUT2D eigenvalue weighted by atomic mass is 9.70. The van der Waals surface area contributed by atoms with Gasteiger partial charge in [0.25, 0.3) is 0 Å². The molecule has 1 heteroatoms. The highest BCUT2D eigenvalue weighted by atomic mass is 15.1. The largest absolute Gasteiger partial charge is 0.310 e. The SMILES string of the molecule is CC1(C)c2ccccc2-c2cc(N(c3ccc(-c4ccccc4)cc3)c3cccc4c3-c3ccccc3C43c4ccccc4-c4ccccc43)cc(-c3ccccc3)c21. The molecule has 0 N–H and O–H groups in total. The van der Waals surface area contributed by atoms with Gasteiger partial charge in [-0.05, 0) is 114 Å². The molecule has 0 aromatic heterocycles. The highest BCUT2D eigenvalue weighted by Gasteiger charge is 2.52. The summed E-state index contributed by atoms with van der Waals surface area (Å²) in [5.41, 5.74) is 23.7. The van der Waals surface area contributed by atoms with Crippen LogP contribution in [-0.4, -0.2) is 0 Å². The molecule has 0 saturated carbocycles. The molecular formula is C58H41N. The van der Waals surface area contributed by atoms with Crippen molar-refractivity contribution in [3.8, 4) is 55.6 Å². The Balaban J connectivity index is 1.17. The molecule has 59 heavy (non-hydrogen) atoms. The second kappa shape index (κ2) is 12.6. The number of fused-ring (bicyclic) bond motifs is 13. The zero-order valence-electron chi connectivity index (χ0n) is 33.2. The van der Waals surface area contributed by atoms with Crippen molar-refractivity contribution in [2.45, 2.75) is 24.7 Å². The molecule has 0 heterocycles. The van der Waals surface area contributed by atoms with Crippen LogP contribution in [0.4, 0.5) is 17.1 Å². The van der Waals surface area contributed by atoms with Crippen LogP contribution in [-0.2, 0) is 10.8 Å². The molecule has 0 aliphatic heterocycles. The third-order valence-corrected chi connectivity index (χ3v) is 13.5. The van der Waals surface area contributed by atoms with Crippen molar-refractivity contribution in [1.29, 1.82) is 0 Å². The molecule has 0 saturated heterocycles. The molecule has 9 aromatic carbocycles. The van der Waals surface area contributed by atoms with Crippen LogP contribution < -0.4 is 4.90 Å². The van der Waals surface area contributed by atoms with Crippen LogP contribution >= 0.6 is 0 Å². The zero-order chi connectivity index (χ0) is 39.3. The topological polar surface area (TPSA) is 3.24 Å². The van der Waals surface area contributed by atoms with Crippen LogP contribution in [0, 0.1) is 0 Å². The lowest BCUT2D eigenvalue weighted by Crippen LogP contribution is -2.26. The summed E-state index contributed by atoms with van der Waals surface area (Å²) in [6.07, 6.45) is 0. The first kappa shape index (κ1) is 33.9. The Bertz CT molecular complexity index is 3070. The van der Waals surface area contributed by atoms with Gasteiger partial charge in [0.05, 0.1) is 11.1 Å². The third-order valence-electron chi connectivity index (χ3n) is 13.5. The van der Waals surface area contributed by atoms with Gasteiger partial charge < -0.3 is 4.90 Å². The van der Waals surface area contributed by atoms with Gasteiger partial charge in [-0.2, -0.15) is 0 Å². The maximum Gasteiger partial charge on any atom is 0.0726 e. The van der Waals surface area contributed by atoms with E-state index in [0.717, 1.165) is 11.4 Å². The van der Waals surface area contributed by atoms with Crippen molar-refractivity contribution in [3.05, 3.63) is 246 Å². The lowest BCUT2D eigenvalue weighted by Gasteiger charge is -2.32. The average molecular weight is 752 g/mol. The zero-order valence-corrected chi connectivity index (χ0v) is 33.2. The van der Waals surface area contributed by atoms with Gasteiger partial charge in [-0.15, -0.1) is 0 Å². The fourth-order valence-corrected chi connectivity index (χ4v) is 11.1. The Kier molecular flexibility index (Phi) is 7.26. The molecular weight excluding hydrogens is 711 g/mol. The molecule has 0 fully saturated rings. The van der Waals surface area contributed by atoms with Crippen LogP contribution in [0.25, 0.3) is 55.6 Å². The summed E-state index contributed by atoms with van der Waals surface area (Å²) in [5.74, 6) is 0. The van der Waals surface area contributed by atoms with Gasteiger partial charge in [-0.25, -0.2) is 0 Å². The molecule has 0 atom stereocenters. The summed E-state index contributed by atoms with van der Waals surface area (Å²) >= 11 is 0. The summed E-state index contributed by atoms with van der Waals surface area (Å²) in [4.78, 5) is 2.54. The van der Waals surface area contributed by atoms with Gasteiger partial charge >= 0.3 is 0 Å². The smallest absolute Gasteiger partial charge is 0.0726 e. The highest BCUT2D eigenvalue weighted by Crippen LogP contribution is 2.65. The lowest BCUT2D eigenvalue weighted by molar-refractivity contribution is 0.662. The molecule has 278 valence electrons. The van der Waals surface area contributed by atoms with E-state index < -0.39 is 5.41 Å². The standard InChI is InChI=1S/C58H41N/c1-57(2)49-26-13-9-24-45(49)48-37-42(36-47(56(48)57)40-20-7-4-8-21-40)59(41-34-32-39(33-35-41)38-18-5-3-6-19-38)54-31-17-30-53-55(54)46-25-12-16-29-52(46)58(53)50-27-14-10-22-43(50)44-23-11-15-28-51(44)58/h3-37H,1-2H3. The van der Waals surface area contributed by atoms with E-state index in [0.29, 0.717) is 0 Å². The van der Waals surface area contributed by atoms with Crippen LogP contribution in [0.2, 0.25) is 0 Å². The Morgan fingerprint density at radius 3 is 1.41 bits per heavy atom. The highest BCUT2D eigenvalue weighted by molar-refractivity contribution is 6.02. The molecule has 1 nitrogen and oxygen atoms in total. The number of hydrogen-bond donors (Lipinski definition) is 0. The Hall–Kier alpha value is -7.22. The molecule has 0 amide bonds. The van der Waals surface area contributed by atoms with Crippen molar-refractivity contribution in [1.82, 2.24) is 0 Å². The first-order valence-corrected chi connectivity index (χ1v) is 20.8. The summed E-state index contributed by atoms with van der Waals surface area (Å²) in [6.45, 7) is 4.78. The normalized spacial score (nSPS) is 14.2. The predicted octanol–water partition coefficient (Wildman–Crippen LogP) is 15.1. The molecule has 9 aromatic rings. The summed E-state index contributed by atoms with van der Waals surface area (Å²) in [5, 5.41) is 0. The molecule has 12 rings (SSSR count). The minimum atomic E-state index is -0.436. The van der Waals surface area contributed by atoms with E-state index >= 15 is 0 Å². The Morgan fingerprint density at radius 1 is 0.322 bits per heavy atom. The van der Waals surface area contributed by atoms with E-state index in [1.54, 1.807) is 0 Å². The molecule has 3 aliphatic carbocycles. The molecule has 0 bridgehead atoms. The van der Waals surface area contributed by atoms with Crippen LogP contribution in [0.15, 0.2) is 212 Å². The van der Waals surface area contributed by atoms with Crippen molar-refractivity contribution < 1.29 is 0 Å². The van der Waals surface area contributed by atoms with Gasteiger partial charge in [0.1, 0.15) is 0 Å². The number of rotatable bonds is 5. The third kappa shape index (κ3) is 4.67. The first-order chi connectivity index (χ1) is 29.0. The van der Waals surface area contributed by atoms with E-state index in [2.05, 4.69) is 231 Å². The van der Waals surface area contributed by atoms with E-state index in [1.165, 1.54) is 94.7 Å². The maximum atomic E-state index is 2.54. The van der Waals surface area contributed by atoms with Crippen molar-refractivity contribution in [3.63, 3.8) is 0 Å². The van der Waals surface area contributed by atoms with Crippen LogP contribution in [0.1, 0.15) is 47.2 Å². The summed E-state index contributed by atoms with van der Waals surface area (Å²) < 4.78 is 0. The van der Waals surface area contributed by atoms with Crippen LogP contribution in [0.5, 0.6) is 0 Å². The molecule has 0 unspecified atom stereocenters. The fraction of sp³-hybridized carbons (Fsp3) is 0.0690. The minimum Gasteiger partial charge on any atom is -0.310 e. The Morgan fingerprint density at radius 2 is 0.780 bits per heavy atom.